The molecule has 5 rings (SSSR count). The van der Waals surface area contributed by atoms with Gasteiger partial charge in [0.25, 0.3) is 11.8 Å². The number of anilines is 1. The molecule has 2 aromatic rings. The van der Waals surface area contributed by atoms with Crippen molar-refractivity contribution in [3.63, 3.8) is 0 Å². The second-order valence-corrected chi connectivity index (χ2v) is 10.1. The number of phenols is 1. The smallest absolute Gasteiger partial charge is 0.508 e. The fourth-order valence-electron chi connectivity index (χ4n) is 4.72. The minimum atomic E-state index is -4.36. The summed E-state index contributed by atoms with van der Waals surface area (Å²) in [6, 6.07) is 9.40. The van der Waals surface area contributed by atoms with Crippen molar-refractivity contribution in [2.24, 2.45) is 5.92 Å². The van der Waals surface area contributed by atoms with E-state index in [9.17, 15) is 33.0 Å². The monoisotopic (exact) mass is 515 g/mol. The number of phenolic OH excluding ortho intramolecular Hbond substituents is 1. The highest BCUT2D eigenvalue weighted by Gasteiger charge is 2.66. The van der Waals surface area contributed by atoms with Crippen molar-refractivity contribution in [1.29, 1.82) is 0 Å². The summed E-state index contributed by atoms with van der Waals surface area (Å²) in [5.41, 5.74) is 1.23. The first-order valence-electron chi connectivity index (χ1n) is 10.9. The van der Waals surface area contributed by atoms with Gasteiger partial charge in [-0.2, -0.15) is 8.42 Å². The number of carboxylic acid groups (broad SMARTS) is 1. The molecule has 36 heavy (non-hydrogen) atoms. The number of carbonyl (C=O) groups is 3. The van der Waals surface area contributed by atoms with Gasteiger partial charge in [0.1, 0.15) is 16.7 Å². The number of amides is 3. The number of ether oxygens (including phenoxy) is 1. The molecule has 3 amide bonds. The van der Waals surface area contributed by atoms with E-state index in [1.54, 1.807) is 19.1 Å². The lowest BCUT2D eigenvalue weighted by atomic mass is 9.80. The van der Waals surface area contributed by atoms with E-state index >= 15 is 0 Å². The number of piperidine rings is 1. The molecule has 13 heteroatoms. The topological polar surface area (TPSA) is 163 Å². The fourth-order valence-corrected chi connectivity index (χ4v) is 5.71. The highest BCUT2D eigenvalue weighted by molar-refractivity contribution is 7.86. The lowest BCUT2D eigenvalue weighted by Gasteiger charge is -2.52. The van der Waals surface area contributed by atoms with Gasteiger partial charge in [-0.25, -0.2) is 9.59 Å². The van der Waals surface area contributed by atoms with Gasteiger partial charge in [-0.1, -0.05) is 17.7 Å². The molecule has 0 radical (unpaired) electrons. The first-order valence-corrected chi connectivity index (χ1v) is 12.3. The first kappa shape index (κ1) is 23.5. The number of hydrogen-bond donors (Lipinski definition) is 3. The van der Waals surface area contributed by atoms with Gasteiger partial charge in [-0.3, -0.25) is 9.69 Å². The zero-order valence-electron chi connectivity index (χ0n) is 18.8. The standard InChI is InChI=1S/C23H21N3O9S/c1-12-2-8-15(9-3-12)36(32,33)35-19-16-10-11-25(22(29)24-13-4-6-14(27)7-5-13)18-17(16)26(20(18)28)21(19)34-23(30)31/h2-9,16-18,27H,10-11H2,1H3,(H,24,29)(H,30,31)/t16?,17-,18+/m1/s1. The van der Waals surface area contributed by atoms with Gasteiger partial charge in [0, 0.05) is 18.2 Å². The summed E-state index contributed by atoms with van der Waals surface area (Å²) in [5.74, 6) is -2.07. The Morgan fingerprint density at radius 2 is 1.75 bits per heavy atom. The number of carbonyl (C=O) groups excluding carboxylic acids is 2. The third kappa shape index (κ3) is 3.86. The number of aromatic hydroxyl groups is 1. The van der Waals surface area contributed by atoms with E-state index in [0.717, 1.165) is 10.5 Å². The Labute approximate surface area is 205 Å². The molecule has 2 fully saturated rings. The quantitative estimate of drug-likeness (QED) is 0.235. The molecule has 2 saturated heterocycles. The van der Waals surface area contributed by atoms with Crippen molar-refractivity contribution in [3.05, 3.63) is 65.7 Å². The Morgan fingerprint density at radius 3 is 2.39 bits per heavy atom. The molecule has 3 heterocycles. The number of aryl methyl sites for hydroxylation is 1. The fraction of sp³-hybridized carbons (Fsp3) is 0.261. The SMILES string of the molecule is Cc1ccc(S(=O)(=O)OC2=C(OC(=O)O)N3C(=O)[C@@H]4[C@H]3C2CCN4C(=O)Nc2ccc(O)cc2)cc1. The van der Waals surface area contributed by atoms with Gasteiger partial charge in [-0.05, 0) is 49.7 Å². The maximum Gasteiger partial charge on any atom is 0.512 e. The number of urea groups is 1. The third-order valence-electron chi connectivity index (χ3n) is 6.38. The average Bonchev–Trinajstić information content (AvgIpc) is 3.10. The van der Waals surface area contributed by atoms with E-state index in [2.05, 4.69) is 5.32 Å². The van der Waals surface area contributed by atoms with Crippen LogP contribution in [0, 0.1) is 12.8 Å². The molecule has 0 saturated carbocycles. The molecule has 3 atom stereocenters. The highest BCUT2D eigenvalue weighted by atomic mass is 32.2. The summed E-state index contributed by atoms with van der Waals surface area (Å²) in [6.45, 7) is 1.87. The molecule has 3 N–H and O–H groups in total. The van der Waals surface area contributed by atoms with Crippen molar-refractivity contribution in [3.8, 4) is 5.75 Å². The summed E-state index contributed by atoms with van der Waals surface area (Å²) in [5, 5.41) is 21.3. The second kappa shape index (κ2) is 8.45. The second-order valence-electron chi connectivity index (χ2n) is 8.60. The van der Waals surface area contributed by atoms with Gasteiger partial charge in [0.05, 0.1) is 6.04 Å². The average molecular weight is 516 g/mol. The molecule has 2 aromatic carbocycles. The minimum absolute atomic E-state index is 0.0229. The maximum atomic E-state index is 13.0. The Kier molecular flexibility index (Phi) is 5.51. The molecule has 0 bridgehead atoms. The number of benzene rings is 2. The van der Waals surface area contributed by atoms with Gasteiger partial charge in [0.15, 0.2) is 5.76 Å². The molecule has 3 aliphatic rings. The summed E-state index contributed by atoms with van der Waals surface area (Å²) in [7, 11) is -4.36. The summed E-state index contributed by atoms with van der Waals surface area (Å²) >= 11 is 0. The molecule has 12 nitrogen and oxygen atoms in total. The van der Waals surface area contributed by atoms with Crippen molar-refractivity contribution in [1.82, 2.24) is 9.80 Å². The number of nitrogens with one attached hydrogen (secondary N) is 1. The van der Waals surface area contributed by atoms with Gasteiger partial charge in [0.2, 0.25) is 0 Å². The normalized spacial score (nSPS) is 22.6. The number of rotatable bonds is 5. The molecule has 0 spiro atoms. The summed E-state index contributed by atoms with van der Waals surface area (Å²) < 4.78 is 36.1. The molecule has 3 aliphatic heterocycles. The Morgan fingerprint density at radius 1 is 1.08 bits per heavy atom. The van der Waals surface area contributed by atoms with Crippen molar-refractivity contribution >= 4 is 33.9 Å². The summed E-state index contributed by atoms with van der Waals surface area (Å²) in [6.07, 6.45) is -1.55. The highest BCUT2D eigenvalue weighted by Crippen LogP contribution is 2.50. The zero-order chi connectivity index (χ0) is 25.8. The predicted molar refractivity (Wildman–Crippen MR) is 122 cm³/mol. The Hall–Kier alpha value is -4.26. The minimum Gasteiger partial charge on any atom is -0.508 e. The van der Waals surface area contributed by atoms with Crippen LogP contribution in [0.25, 0.3) is 0 Å². The predicted octanol–water partition coefficient (Wildman–Crippen LogP) is 2.42. The van der Waals surface area contributed by atoms with Crippen LogP contribution in [-0.2, 0) is 23.8 Å². The molecule has 1 unspecified atom stereocenters. The van der Waals surface area contributed by atoms with Crippen LogP contribution >= 0.6 is 0 Å². The van der Waals surface area contributed by atoms with Crippen LogP contribution in [0.15, 0.2) is 65.1 Å². The van der Waals surface area contributed by atoms with Crippen molar-refractivity contribution in [2.75, 3.05) is 11.9 Å². The number of β-lactam (4-membered cyclic amide) rings is 1. The largest absolute Gasteiger partial charge is 0.512 e. The molecule has 0 aliphatic carbocycles. The summed E-state index contributed by atoms with van der Waals surface area (Å²) in [4.78, 5) is 39.5. The molecule has 188 valence electrons. The molecule has 0 aromatic heterocycles. The van der Waals surface area contributed by atoms with Gasteiger partial charge < -0.3 is 29.3 Å². The molecular weight excluding hydrogens is 494 g/mol. The van der Waals surface area contributed by atoms with Crippen LogP contribution in [0.4, 0.5) is 15.3 Å². The van der Waals surface area contributed by atoms with Crippen LogP contribution in [0.1, 0.15) is 12.0 Å². The van der Waals surface area contributed by atoms with Crippen LogP contribution in [0.5, 0.6) is 5.75 Å². The van der Waals surface area contributed by atoms with E-state index in [-0.39, 0.29) is 29.4 Å². The third-order valence-corrected chi connectivity index (χ3v) is 7.63. The first-order chi connectivity index (χ1) is 17.1. The molecular formula is C23H21N3O9S. The van der Waals surface area contributed by atoms with Crippen LogP contribution in [0.3, 0.4) is 0 Å². The van der Waals surface area contributed by atoms with E-state index in [0.29, 0.717) is 5.69 Å². The Balaban J connectivity index is 1.41. The van der Waals surface area contributed by atoms with E-state index in [1.807, 2.05) is 0 Å². The van der Waals surface area contributed by atoms with Gasteiger partial charge >= 0.3 is 22.3 Å². The number of likely N-dealkylation sites (tertiary alicyclic amines) is 1. The van der Waals surface area contributed by atoms with Crippen LogP contribution < -0.4 is 5.32 Å². The van der Waals surface area contributed by atoms with Crippen molar-refractivity contribution in [2.45, 2.75) is 30.3 Å². The van der Waals surface area contributed by atoms with E-state index in [4.69, 9.17) is 8.92 Å². The van der Waals surface area contributed by atoms with E-state index in [1.165, 1.54) is 41.3 Å². The number of hydrogen-bond acceptors (Lipinski definition) is 8. The van der Waals surface area contributed by atoms with Crippen LogP contribution in [-0.4, -0.2) is 65.2 Å². The van der Waals surface area contributed by atoms with E-state index < -0.39 is 52.1 Å². The Bertz CT molecular complexity index is 1390. The zero-order valence-corrected chi connectivity index (χ0v) is 19.6. The lowest BCUT2D eigenvalue weighted by molar-refractivity contribution is -0.160. The van der Waals surface area contributed by atoms with Crippen LogP contribution in [0.2, 0.25) is 0 Å². The van der Waals surface area contributed by atoms with Crippen molar-refractivity contribution < 1.29 is 41.9 Å². The lowest BCUT2D eigenvalue weighted by Crippen LogP contribution is -2.73. The van der Waals surface area contributed by atoms with Gasteiger partial charge in [-0.15, -0.1) is 0 Å². The maximum absolute atomic E-state index is 13.0. The number of nitrogens with zero attached hydrogens (tertiary/aromatic N) is 2.